The second-order valence-corrected chi connectivity index (χ2v) is 4.36. The van der Waals surface area contributed by atoms with E-state index in [4.69, 9.17) is 5.11 Å². The minimum Gasteiger partial charge on any atom is -0.389 e. The highest BCUT2D eigenvalue weighted by molar-refractivity contribution is 5.83. The van der Waals surface area contributed by atoms with Gasteiger partial charge in [0.25, 0.3) is 0 Å². The van der Waals surface area contributed by atoms with E-state index in [-0.39, 0.29) is 18.1 Å². The molecule has 6 heteroatoms. The van der Waals surface area contributed by atoms with E-state index in [0.29, 0.717) is 26.1 Å². The molecule has 86 valence electrons. The van der Waals surface area contributed by atoms with Crippen LogP contribution in [0, 0.1) is 0 Å². The van der Waals surface area contributed by atoms with Gasteiger partial charge in [0.15, 0.2) is 0 Å². The fourth-order valence-electron chi connectivity index (χ4n) is 2.20. The van der Waals surface area contributed by atoms with Gasteiger partial charge in [0.1, 0.15) is 0 Å². The fourth-order valence-corrected chi connectivity index (χ4v) is 2.20. The maximum atomic E-state index is 12.0. The summed E-state index contributed by atoms with van der Waals surface area (Å²) in [7, 11) is 0. The third kappa shape index (κ3) is 1.50. The van der Waals surface area contributed by atoms with E-state index in [1.54, 1.807) is 11.2 Å². The normalized spacial score (nSPS) is 25.1. The molecule has 2 aliphatic heterocycles. The first-order chi connectivity index (χ1) is 7.74. The van der Waals surface area contributed by atoms with Crippen molar-refractivity contribution < 1.29 is 9.90 Å². The van der Waals surface area contributed by atoms with Crippen molar-refractivity contribution in [3.8, 4) is 0 Å². The molecule has 1 fully saturated rings. The number of carbonyl (C=O) groups excluding carboxylic acids is 1. The zero-order chi connectivity index (χ0) is 11.1. The molecule has 0 radical (unpaired) electrons. The van der Waals surface area contributed by atoms with E-state index in [2.05, 4.69) is 15.3 Å². The number of amides is 1. The maximum absolute atomic E-state index is 12.0. The van der Waals surface area contributed by atoms with Gasteiger partial charge in [-0.25, -0.2) is 4.98 Å². The predicted octanol–water partition coefficient (Wildman–Crippen LogP) is -1.37. The van der Waals surface area contributed by atoms with Crippen molar-refractivity contribution >= 4 is 5.91 Å². The number of nitrogens with one attached hydrogen (secondary N) is 2. The Morgan fingerprint density at radius 3 is 3.12 bits per heavy atom. The van der Waals surface area contributed by atoms with Gasteiger partial charge in [-0.2, -0.15) is 0 Å². The molecule has 1 atom stereocenters. The Bertz CT molecular complexity index is 411. The average Bonchev–Trinajstić information content (AvgIpc) is 2.70. The molecule has 1 amide bonds. The number of aromatic amines is 1. The lowest BCUT2D eigenvalue weighted by molar-refractivity contribution is -0.143. The lowest BCUT2D eigenvalue weighted by Crippen LogP contribution is -2.59. The highest BCUT2D eigenvalue weighted by atomic mass is 16.3. The van der Waals surface area contributed by atoms with E-state index >= 15 is 0 Å². The van der Waals surface area contributed by atoms with Crippen molar-refractivity contribution in [2.24, 2.45) is 0 Å². The number of hydrogen-bond donors (Lipinski definition) is 3. The first-order valence-corrected chi connectivity index (χ1v) is 5.45. The van der Waals surface area contributed by atoms with Crippen LogP contribution in [-0.2, 0) is 17.8 Å². The lowest BCUT2D eigenvalue weighted by Gasteiger charge is -2.38. The Kier molecular flexibility index (Phi) is 2.19. The molecular formula is C10H14N4O2. The highest BCUT2D eigenvalue weighted by Crippen LogP contribution is 2.16. The van der Waals surface area contributed by atoms with Crippen LogP contribution in [0.15, 0.2) is 6.33 Å². The van der Waals surface area contributed by atoms with Gasteiger partial charge < -0.3 is 15.0 Å². The molecule has 3 heterocycles. The summed E-state index contributed by atoms with van der Waals surface area (Å²) in [6.07, 6.45) is 1.95. The minimum absolute atomic E-state index is 0.0685. The minimum atomic E-state index is -0.339. The Hall–Kier alpha value is -1.40. The molecule has 1 saturated heterocycles. The lowest BCUT2D eigenvalue weighted by atomic mass is 10.0. The number of carbonyl (C=O) groups is 1. The quantitative estimate of drug-likeness (QED) is 0.547. The number of likely N-dealkylation sites (tertiary alicyclic amines) is 1. The second kappa shape index (κ2) is 3.57. The summed E-state index contributed by atoms with van der Waals surface area (Å²) in [6.45, 7) is 1.58. The number of imidazole rings is 1. The van der Waals surface area contributed by atoms with E-state index < -0.39 is 0 Å². The van der Waals surface area contributed by atoms with Gasteiger partial charge in [0, 0.05) is 26.1 Å². The monoisotopic (exact) mass is 222 g/mol. The number of aliphatic hydroxyl groups is 1. The molecule has 0 aromatic carbocycles. The van der Waals surface area contributed by atoms with Gasteiger partial charge in [0.2, 0.25) is 5.91 Å². The highest BCUT2D eigenvalue weighted by Gasteiger charge is 2.35. The molecular weight excluding hydrogens is 208 g/mol. The summed E-state index contributed by atoms with van der Waals surface area (Å²) >= 11 is 0. The number of aromatic nitrogens is 2. The SMILES string of the molecule is O=C(C1Cc2nc[nH]c2CN1)N1CC(O)C1. The van der Waals surface area contributed by atoms with E-state index in [0.717, 1.165) is 11.4 Å². The number of aliphatic hydroxyl groups excluding tert-OH is 1. The molecule has 1 unspecified atom stereocenters. The van der Waals surface area contributed by atoms with Crippen LogP contribution in [0.3, 0.4) is 0 Å². The van der Waals surface area contributed by atoms with Crippen LogP contribution in [0.5, 0.6) is 0 Å². The Balaban J connectivity index is 1.67. The molecule has 3 rings (SSSR count). The van der Waals surface area contributed by atoms with Gasteiger partial charge in [-0.3, -0.25) is 10.1 Å². The molecule has 3 N–H and O–H groups in total. The second-order valence-electron chi connectivity index (χ2n) is 4.36. The molecule has 2 aliphatic rings. The zero-order valence-electron chi connectivity index (χ0n) is 8.81. The molecule has 6 nitrogen and oxygen atoms in total. The standard InChI is InChI=1S/C10H14N4O2/c15-6-3-14(4-6)10(16)8-1-7-9(2-11-8)13-5-12-7/h5-6,8,11,15H,1-4H2,(H,12,13). The van der Waals surface area contributed by atoms with Crippen LogP contribution >= 0.6 is 0 Å². The largest absolute Gasteiger partial charge is 0.389 e. The molecule has 0 spiro atoms. The average molecular weight is 222 g/mol. The van der Waals surface area contributed by atoms with E-state index in [1.807, 2.05) is 0 Å². The smallest absolute Gasteiger partial charge is 0.240 e. The summed E-state index contributed by atoms with van der Waals surface area (Å²) in [5, 5.41) is 12.3. The van der Waals surface area contributed by atoms with Gasteiger partial charge in [0.05, 0.1) is 29.9 Å². The number of β-amino-alcohol motifs (C(OH)–C–C–N with tert-alkyl or cyclic N) is 1. The summed E-state index contributed by atoms with van der Waals surface area (Å²) in [5.74, 6) is 0.0685. The van der Waals surface area contributed by atoms with Crippen LogP contribution in [-0.4, -0.2) is 51.1 Å². The van der Waals surface area contributed by atoms with Gasteiger partial charge in [-0.1, -0.05) is 0 Å². The number of fused-ring (bicyclic) bond motifs is 1. The zero-order valence-corrected chi connectivity index (χ0v) is 8.81. The summed E-state index contributed by atoms with van der Waals surface area (Å²) in [5.41, 5.74) is 2.03. The summed E-state index contributed by atoms with van der Waals surface area (Å²) in [4.78, 5) is 20.9. The van der Waals surface area contributed by atoms with Gasteiger partial charge in [-0.05, 0) is 0 Å². The van der Waals surface area contributed by atoms with Crippen molar-refractivity contribution in [1.82, 2.24) is 20.2 Å². The third-order valence-corrected chi connectivity index (χ3v) is 3.20. The third-order valence-electron chi connectivity index (χ3n) is 3.20. The van der Waals surface area contributed by atoms with Crippen LogP contribution < -0.4 is 5.32 Å². The van der Waals surface area contributed by atoms with Crippen LogP contribution in [0.2, 0.25) is 0 Å². The van der Waals surface area contributed by atoms with Gasteiger partial charge >= 0.3 is 0 Å². The van der Waals surface area contributed by atoms with Crippen molar-refractivity contribution in [3.05, 3.63) is 17.7 Å². The molecule has 0 aliphatic carbocycles. The summed E-state index contributed by atoms with van der Waals surface area (Å²) in [6, 6.07) is -0.191. The molecule has 1 aromatic heterocycles. The number of H-pyrrole nitrogens is 1. The van der Waals surface area contributed by atoms with Crippen LogP contribution in [0.4, 0.5) is 0 Å². The van der Waals surface area contributed by atoms with Crippen molar-refractivity contribution in [2.45, 2.75) is 25.1 Å². The van der Waals surface area contributed by atoms with E-state index in [1.165, 1.54) is 0 Å². The summed E-state index contributed by atoms with van der Waals surface area (Å²) < 4.78 is 0. The molecule has 16 heavy (non-hydrogen) atoms. The Morgan fingerprint density at radius 1 is 1.56 bits per heavy atom. The maximum Gasteiger partial charge on any atom is 0.240 e. The van der Waals surface area contributed by atoms with Crippen LogP contribution in [0.25, 0.3) is 0 Å². The molecule has 0 saturated carbocycles. The number of hydrogen-bond acceptors (Lipinski definition) is 4. The van der Waals surface area contributed by atoms with E-state index in [9.17, 15) is 4.79 Å². The topological polar surface area (TPSA) is 81.2 Å². The molecule has 1 aromatic rings. The Morgan fingerprint density at radius 2 is 2.38 bits per heavy atom. The first kappa shape index (κ1) is 9.80. The van der Waals surface area contributed by atoms with Gasteiger partial charge in [-0.15, -0.1) is 0 Å². The Labute approximate surface area is 92.7 Å². The van der Waals surface area contributed by atoms with Crippen molar-refractivity contribution in [1.29, 1.82) is 0 Å². The molecule has 0 bridgehead atoms. The number of nitrogens with zero attached hydrogens (tertiary/aromatic N) is 2. The first-order valence-electron chi connectivity index (χ1n) is 5.45. The number of rotatable bonds is 1. The fraction of sp³-hybridized carbons (Fsp3) is 0.600. The predicted molar refractivity (Wildman–Crippen MR) is 55.5 cm³/mol. The van der Waals surface area contributed by atoms with Crippen molar-refractivity contribution in [2.75, 3.05) is 13.1 Å². The van der Waals surface area contributed by atoms with Crippen LogP contribution in [0.1, 0.15) is 11.4 Å². The van der Waals surface area contributed by atoms with Crippen molar-refractivity contribution in [3.63, 3.8) is 0 Å².